The van der Waals surface area contributed by atoms with E-state index in [1.54, 1.807) is 0 Å². The topological polar surface area (TPSA) is 26.0 Å². The highest BCUT2D eigenvalue weighted by molar-refractivity contribution is 7.80. The van der Waals surface area contributed by atoms with Gasteiger partial charge in [-0.3, -0.25) is 0 Å². The Hall–Kier alpha value is 0.310. The second-order valence-electron chi connectivity index (χ2n) is 3.43. The number of thiol groups is 1. The standard InChI is InChI=1S/C10H23NS/c1-2-3-4-5-7-10(12)8-6-9-11/h10,12H,2-9,11H2,1H3. The van der Waals surface area contributed by atoms with Gasteiger partial charge in [-0.2, -0.15) is 12.6 Å². The van der Waals surface area contributed by atoms with Gasteiger partial charge in [-0.1, -0.05) is 32.6 Å². The Balaban J connectivity index is 3.02. The molecule has 12 heavy (non-hydrogen) atoms. The van der Waals surface area contributed by atoms with E-state index in [0.717, 1.165) is 13.0 Å². The Kier molecular flexibility index (Phi) is 9.64. The Morgan fingerprint density at radius 1 is 1.08 bits per heavy atom. The molecule has 0 saturated carbocycles. The summed E-state index contributed by atoms with van der Waals surface area (Å²) in [4.78, 5) is 0. The molecule has 0 aromatic carbocycles. The predicted molar refractivity (Wildman–Crippen MR) is 59.8 cm³/mol. The van der Waals surface area contributed by atoms with E-state index in [2.05, 4.69) is 19.6 Å². The quantitative estimate of drug-likeness (QED) is 0.445. The molecule has 0 radical (unpaired) electrons. The average molecular weight is 189 g/mol. The van der Waals surface area contributed by atoms with Crippen molar-refractivity contribution in [3.05, 3.63) is 0 Å². The molecule has 74 valence electrons. The molecule has 0 bridgehead atoms. The zero-order valence-corrected chi connectivity index (χ0v) is 9.15. The fraction of sp³-hybridized carbons (Fsp3) is 1.00. The van der Waals surface area contributed by atoms with Gasteiger partial charge in [-0.05, 0) is 25.8 Å². The molecule has 0 saturated heterocycles. The number of hydrogen-bond acceptors (Lipinski definition) is 2. The van der Waals surface area contributed by atoms with Crippen LogP contribution >= 0.6 is 12.6 Å². The van der Waals surface area contributed by atoms with Gasteiger partial charge in [-0.15, -0.1) is 0 Å². The van der Waals surface area contributed by atoms with E-state index >= 15 is 0 Å². The normalized spacial score (nSPS) is 13.2. The molecule has 0 heterocycles. The molecule has 2 N–H and O–H groups in total. The van der Waals surface area contributed by atoms with Crippen molar-refractivity contribution in [2.24, 2.45) is 5.73 Å². The third-order valence-corrected chi connectivity index (χ3v) is 2.65. The predicted octanol–water partition coefficient (Wildman–Crippen LogP) is 2.99. The van der Waals surface area contributed by atoms with Crippen molar-refractivity contribution in [1.82, 2.24) is 0 Å². The van der Waals surface area contributed by atoms with Crippen molar-refractivity contribution >= 4 is 12.6 Å². The van der Waals surface area contributed by atoms with Gasteiger partial charge in [0.1, 0.15) is 0 Å². The molecule has 0 fully saturated rings. The van der Waals surface area contributed by atoms with Crippen LogP contribution in [0.3, 0.4) is 0 Å². The third kappa shape index (κ3) is 8.41. The van der Waals surface area contributed by atoms with Crippen LogP contribution in [0.2, 0.25) is 0 Å². The van der Waals surface area contributed by atoms with Crippen LogP contribution < -0.4 is 5.73 Å². The molecule has 1 atom stereocenters. The highest BCUT2D eigenvalue weighted by Crippen LogP contribution is 2.13. The van der Waals surface area contributed by atoms with Crippen molar-refractivity contribution in [3.63, 3.8) is 0 Å². The smallest absolute Gasteiger partial charge is 0.00172 e. The number of hydrogen-bond donors (Lipinski definition) is 2. The minimum absolute atomic E-state index is 0.588. The van der Waals surface area contributed by atoms with Gasteiger partial charge < -0.3 is 5.73 Å². The number of rotatable bonds is 8. The van der Waals surface area contributed by atoms with Crippen LogP contribution in [0.15, 0.2) is 0 Å². The van der Waals surface area contributed by atoms with Gasteiger partial charge in [0.2, 0.25) is 0 Å². The van der Waals surface area contributed by atoms with E-state index in [4.69, 9.17) is 5.73 Å². The fourth-order valence-electron chi connectivity index (χ4n) is 1.30. The highest BCUT2D eigenvalue weighted by Gasteiger charge is 2.00. The number of nitrogens with two attached hydrogens (primary N) is 1. The summed E-state index contributed by atoms with van der Waals surface area (Å²) >= 11 is 4.51. The molecule has 0 aliphatic carbocycles. The first-order valence-corrected chi connectivity index (χ1v) is 5.71. The molecule has 0 aromatic heterocycles. The lowest BCUT2D eigenvalue weighted by Crippen LogP contribution is -2.04. The van der Waals surface area contributed by atoms with Gasteiger partial charge in [0.15, 0.2) is 0 Å². The Morgan fingerprint density at radius 2 is 1.75 bits per heavy atom. The highest BCUT2D eigenvalue weighted by atomic mass is 32.1. The minimum atomic E-state index is 0.588. The largest absolute Gasteiger partial charge is 0.330 e. The fourth-order valence-corrected chi connectivity index (χ4v) is 1.67. The lowest BCUT2D eigenvalue weighted by molar-refractivity contribution is 0.590. The summed E-state index contributed by atoms with van der Waals surface area (Å²) in [5, 5.41) is 0.588. The van der Waals surface area contributed by atoms with Crippen LogP contribution in [0.1, 0.15) is 51.9 Å². The van der Waals surface area contributed by atoms with Crippen molar-refractivity contribution in [2.75, 3.05) is 6.54 Å². The van der Waals surface area contributed by atoms with Crippen LogP contribution in [-0.2, 0) is 0 Å². The zero-order valence-electron chi connectivity index (χ0n) is 8.26. The van der Waals surface area contributed by atoms with Crippen LogP contribution in [0.5, 0.6) is 0 Å². The van der Waals surface area contributed by atoms with Crippen molar-refractivity contribution in [1.29, 1.82) is 0 Å². The maximum atomic E-state index is 5.42. The van der Waals surface area contributed by atoms with Crippen LogP contribution in [0.25, 0.3) is 0 Å². The summed E-state index contributed by atoms with van der Waals surface area (Å²) in [6, 6.07) is 0. The zero-order chi connectivity index (χ0) is 9.23. The molecule has 0 spiro atoms. The average Bonchev–Trinajstić information content (AvgIpc) is 2.09. The van der Waals surface area contributed by atoms with Crippen LogP contribution in [0.4, 0.5) is 0 Å². The van der Waals surface area contributed by atoms with E-state index in [9.17, 15) is 0 Å². The van der Waals surface area contributed by atoms with Crippen LogP contribution in [0, 0.1) is 0 Å². The van der Waals surface area contributed by atoms with E-state index in [0.29, 0.717) is 5.25 Å². The number of unbranched alkanes of at least 4 members (excludes halogenated alkanes) is 3. The first-order valence-electron chi connectivity index (χ1n) is 5.19. The monoisotopic (exact) mass is 189 g/mol. The summed E-state index contributed by atoms with van der Waals surface area (Å²) in [6.45, 7) is 3.05. The molecular formula is C10H23NS. The molecule has 1 unspecified atom stereocenters. The second-order valence-corrected chi connectivity index (χ2v) is 4.16. The maximum absolute atomic E-state index is 5.42. The Bertz CT molecular complexity index is 85.9. The van der Waals surface area contributed by atoms with Crippen molar-refractivity contribution in [3.8, 4) is 0 Å². The summed E-state index contributed by atoms with van der Waals surface area (Å²) in [5.41, 5.74) is 5.42. The SMILES string of the molecule is CCCCCCC(S)CCCN. The van der Waals surface area contributed by atoms with Crippen molar-refractivity contribution < 1.29 is 0 Å². The molecule has 0 aliphatic heterocycles. The van der Waals surface area contributed by atoms with Gasteiger partial charge in [0.25, 0.3) is 0 Å². The molecule has 0 amide bonds. The lowest BCUT2D eigenvalue weighted by Gasteiger charge is -2.08. The first kappa shape index (κ1) is 12.3. The second kappa shape index (κ2) is 9.40. The summed E-state index contributed by atoms with van der Waals surface area (Å²) < 4.78 is 0. The van der Waals surface area contributed by atoms with E-state index in [1.165, 1.54) is 38.5 Å². The van der Waals surface area contributed by atoms with Gasteiger partial charge in [0.05, 0.1) is 0 Å². The first-order chi connectivity index (χ1) is 5.81. The summed E-state index contributed by atoms with van der Waals surface area (Å²) in [5.74, 6) is 0. The molecule has 2 heteroatoms. The molecule has 0 aromatic rings. The maximum Gasteiger partial charge on any atom is 0.00172 e. The lowest BCUT2D eigenvalue weighted by atomic mass is 10.1. The third-order valence-electron chi connectivity index (χ3n) is 2.13. The van der Waals surface area contributed by atoms with Crippen molar-refractivity contribution in [2.45, 2.75) is 57.1 Å². The molecule has 0 rings (SSSR count). The van der Waals surface area contributed by atoms with E-state index in [1.807, 2.05) is 0 Å². The summed E-state index contributed by atoms with van der Waals surface area (Å²) in [7, 11) is 0. The molecule has 0 aliphatic rings. The van der Waals surface area contributed by atoms with E-state index < -0.39 is 0 Å². The van der Waals surface area contributed by atoms with E-state index in [-0.39, 0.29) is 0 Å². The minimum Gasteiger partial charge on any atom is -0.330 e. The van der Waals surface area contributed by atoms with Gasteiger partial charge in [-0.25, -0.2) is 0 Å². The Labute approximate surface area is 82.5 Å². The Morgan fingerprint density at radius 3 is 2.33 bits per heavy atom. The van der Waals surface area contributed by atoms with Crippen LogP contribution in [-0.4, -0.2) is 11.8 Å². The molecule has 1 nitrogen and oxygen atoms in total. The van der Waals surface area contributed by atoms with Gasteiger partial charge in [0, 0.05) is 5.25 Å². The molecular weight excluding hydrogens is 166 g/mol. The summed E-state index contributed by atoms with van der Waals surface area (Å²) in [6.07, 6.45) is 8.98. The van der Waals surface area contributed by atoms with Gasteiger partial charge >= 0.3 is 0 Å².